The van der Waals surface area contributed by atoms with Gasteiger partial charge in [0, 0.05) is 10.6 Å². The maximum atomic E-state index is 10.6. The van der Waals surface area contributed by atoms with Crippen LogP contribution in [0.15, 0.2) is 30.5 Å². The third-order valence-corrected chi connectivity index (χ3v) is 3.60. The molecule has 0 saturated heterocycles. The van der Waals surface area contributed by atoms with Gasteiger partial charge in [-0.2, -0.15) is 10.1 Å². The fraction of sp³-hybridized carbons (Fsp3) is 0. The van der Waals surface area contributed by atoms with Gasteiger partial charge in [-0.05, 0) is 35.6 Å². The third kappa shape index (κ3) is 2.98. The van der Waals surface area contributed by atoms with Crippen molar-refractivity contribution in [3.8, 4) is 11.4 Å². The smallest absolute Gasteiger partial charge is 0.300 e. The fourth-order valence-corrected chi connectivity index (χ4v) is 2.31. The van der Waals surface area contributed by atoms with Crippen molar-refractivity contribution >= 4 is 39.0 Å². The molecule has 0 spiro atoms. The highest BCUT2D eigenvalue weighted by atomic mass is 35.5. The van der Waals surface area contributed by atoms with E-state index in [1.807, 2.05) is 0 Å². The van der Waals surface area contributed by atoms with E-state index >= 15 is 0 Å². The zero-order valence-electron chi connectivity index (χ0n) is 10.3. The molecule has 0 fully saturated rings. The van der Waals surface area contributed by atoms with E-state index in [1.165, 1.54) is 6.20 Å². The number of nitro groups is 1. The number of aromatic amines is 1. The number of halogens is 1. The molecular formula is C11H7ClN6O2S. The Kier molecular flexibility index (Phi) is 3.50. The first-order chi connectivity index (χ1) is 10.1. The normalized spacial score (nSPS) is 10.5. The average molecular weight is 323 g/mol. The summed E-state index contributed by atoms with van der Waals surface area (Å²) in [4.78, 5) is 18.2. The van der Waals surface area contributed by atoms with Crippen LogP contribution in [-0.4, -0.2) is 25.1 Å². The van der Waals surface area contributed by atoms with Crippen LogP contribution in [0.2, 0.25) is 5.02 Å². The van der Waals surface area contributed by atoms with Crippen LogP contribution in [0.25, 0.3) is 11.4 Å². The number of anilines is 2. The summed E-state index contributed by atoms with van der Waals surface area (Å²) in [5, 5.41) is 21.1. The number of rotatable bonds is 4. The van der Waals surface area contributed by atoms with Gasteiger partial charge in [-0.15, -0.1) is 0 Å². The lowest BCUT2D eigenvalue weighted by molar-refractivity contribution is -0.380. The number of hydrogen-bond acceptors (Lipinski definition) is 7. The average Bonchev–Trinajstić information content (AvgIpc) is 3.10. The van der Waals surface area contributed by atoms with Gasteiger partial charge in [0.1, 0.15) is 6.20 Å². The Morgan fingerprint density at radius 3 is 2.76 bits per heavy atom. The standard InChI is InChI=1S/C11H7ClN6O2S/c12-7-3-1-6(2-4-7)9-14-10(17-16-9)15-11-13-5-8(21-11)18(19)20/h1-5H,(H2,13,14,15,16,17). The molecule has 2 heterocycles. The predicted molar refractivity (Wildman–Crippen MR) is 78.9 cm³/mol. The van der Waals surface area contributed by atoms with E-state index in [-0.39, 0.29) is 5.00 Å². The Balaban J connectivity index is 1.78. The highest BCUT2D eigenvalue weighted by molar-refractivity contribution is 7.18. The van der Waals surface area contributed by atoms with Crippen LogP contribution >= 0.6 is 22.9 Å². The molecule has 0 bridgehead atoms. The van der Waals surface area contributed by atoms with Gasteiger partial charge < -0.3 is 5.32 Å². The van der Waals surface area contributed by atoms with Gasteiger partial charge in [-0.25, -0.2) is 10.1 Å². The number of nitrogens with zero attached hydrogens (tertiary/aromatic N) is 4. The van der Waals surface area contributed by atoms with Gasteiger partial charge in [-0.3, -0.25) is 10.1 Å². The summed E-state index contributed by atoms with van der Waals surface area (Å²) in [7, 11) is 0. The monoisotopic (exact) mass is 322 g/mol. The van der Waals surface area contributed by atoms with Gasteiger partial charge in [0.05, 0.1) is 4.92 Å². The predicted octanol–water partition coefficient (Wildman–Crippen LogP) is 3.23. The molecule has 0 unspecified atom stereocenters. The van der Waals surface area contributed by atoms with E-state index in [2.05, 4.69) is 25.5 Å². The topological polar surface area (TPSA) is 110 Å². The third-order valence-electron chi connectivity index (χ3n) is 2.49. The minimum absolute atomic E-state index is 0.0464. The van der Waals surface area contributed by atoms with Gasteiger partial charge in [0.25, 0.3) is 0 Å². The van der Waals surface area contributed by atoms with Crippen molar-refractivity contribution in [2.45, 2.75) is 0 Å². The molecule has 0 radical (unpaired) electrons. The maximum Gasteiger partial charge on any atom is 0.345 e. The van der Waals surface area contributed by atoms with Crippen molar-refractivity contribution in [3.05, 3.63) is 45.6 Å². The van der Waals surface area contributed by atoms with Crippen LogP contribution in [-0.2, 0) is 0 Å². The van der Waals surface area contributed by atoms with Crippen LogP contribution in [0.5, 0.6) is 0 Å². The Labute approximate surface area is 127 Å². The number of H-pyrrole nitrogens is 1. The SMILES string of the molecule is O=[N+]([O-])c1cnc(Nc2nc(-c3ccc(Cl)cc3)n[nH]2)s1. The Morgan fingerprint density at radius 1 is 1.33 bits per heavy atom. The molecule has 3 rings (SSSR count). The van der Waals surface area contributed by atoms with Crippen molar-refractivity contribution in [2.75, 3.05) is 5.32 Å². The van der Waals surface area contributed by atoms with E-state index in [4.69, 9.17) is 11.6 Å². The Hall–Kier alpha value is -2.52. The first kappa shape index (κ1) is 13.5. The fourth-order valence-electron chi connectivity index (χ4n) is 1.55. The van der Waals surface area contributed by atoms with Crippen molar-refractivity contribution in [3.63, 3.8) is 0 Å². The summed E-state index contributed by atoms with van der Waals surface area (Å²) in [5.41, 5.74) is 0.800. The van der Waals surface area contributed by atoms with Gasteiger partial charge in [-0.1, -0.05) is 11.6 Å². The summed E-state index contributed by atoms with van der Waals surface area (Å²) in [6, 6.07) is 7.07. The molecule has 106 valence electrons. The van der Waals surface area contributed by atoms with Crippen molar-refractivity contribution in [2.24, 2.45) is 0 Å². The maximum absolute atomic E-state index is 10.6. The molecule has 0 aliphatic rings. The molecule has 2 N–H and O–H groups in total. The summed E-state index contributed by atoms with van der Waals surface area (Å²) in [5.74, 6) is 0.837. The second kappa shape index (κ2) is 5.46. The minimum atomic E-state index is -0.498. The van der Waals surface area contributed by atoms with E-state index in [0.29, 0.717) is 21.9 Å². The molecule has 0 aliphatic carbocycles. The second-order valence-corrected chi connectivity index (χ2v) is 5.35. The molecule has 3 aromatic rings. The molecule has 10 heteroatoms. The number of nitrogens with one attached hydrogen (secondary N) is 2. The highest BCUT2D eigenvalue weighted by Gasteiger charge is 2.13. The van der Waals surface area contributed by atoms with Gasteiger partial charge >= 0.3 is 5.00 Å². The molecule has 0 aliphatic heterocycles. The van der Waals surface area contributed by atoms with Gasteiger partial charge in [0.15, 0.2) is 11.0 Å². The van der Waals surface area contributed by atoms with Crippen LogP contribution in [0.3, 0.4) is 0 Å². The summed E-state index contributed by atoms with van der Waals surface area (Å²) in [6.07, 6.45) is 1.18. The summed E-state index contributed by atoms with van der Waals surface area (Å²) in [6.45, 7) is 0. The lowest BCUT2D eigenvalue weighted by Crippen LogP contribution is -1.90. The summed E-state index contributed by atoms with van der Waals surface area (Å²) < 4.78 is 0. The Morgan fingerprint density at radius 2 is 2.10 bits per heavy atom. The van der Waals surface area contributed by atoms with Crippen molar-refractivity contribution in [1.82, 2.24) is 20.2 Å². The zero-order valence-corrected chi connectivity index (χ0v) is 11.9. The summed E-state index contributed by atoms with van der Waals surface area (Å²) >= 11 is 6.73. The molecular weight excluding hydrogens is 316 g/mol. The van der Waals surface area contributed by atoms with Crippen LogP contribution in [0.1, 0.15) is 0 Å². The molecule has 8 nitrogen and oxygen atoms in total. The Bertz CT molecular complexity index is 784. The molecule has 21 heavy (non-hydrogen) atoms. The molecule has 1 aromatic carbocycles. The quantitative estimate of drug-likeness (QED) is 0.563. The van der Waals surface area contributed by atoms with Crippen LogP contribution < -0.4 is 5.32 Å². The lowest BCUT2D eigenvalue weighted by atomic mass is 10.2. The van der Waals surface area contributed by atoms with Crippen molar-refractivity contribution < 1.29 is 4.92 Å². The number of aromatic nitrogens is 4. The van der Waals surface area contributed by atoms with E-state index < -0.39 is 4.92 Å². The molecule has 0 amide bonds. The first-order valence-corrected chi connectivity index (χ1v) is 6.87. The van der Waals surface area contributed by atoms with E-state index in [9.17, 15) is 10.1 Å². The number of hydrogen-bond donors (Lipinski definition) is 2. The first-order valence-electron chi connectivity index (χ1n) is 5.67. The lowest BCUT2D eigenvalue weighted by Gasteiger charge is -1.95. The second-order valence-electron chi connectivity index (χ2n) is 3.90. The van der Waals surface area contributed by atoms with E-state index in [1.54, 1.807) is 24.3 Å². The van der Waals surface area contributed by atoms with Crippen LogP contribution in [0, 0.1) is 10.1 Å². The molecule has 2 aromatic heterocycles. The zero-order chi connectivity index (χ0) is 14.8. The van der Waals surface area contributed by atoms with Crippen LogP contribution in [0.4, 0.5) is 16.1 Å². The highest BCUT2D eigenvalue weighted by Crippen LogP contribution is 2.27. The molecule has 0 atom stereocenters. The van der Waals surface area contributed by atoms with Gasteiger partial charge in [0.2, 0.25) is 5.95 Å². The number of benzene rings is 1. The van der Waals surface area contributed by atoms with Crippen molar-refractivity contribution in [1.29, 1.82) is 0 Å². The number of thiazole rings is 1. The van der Waals surface area contributed by atoms with E-state index in [0.717, 1.165) is 16.9 Å². The largest absolute Gasteiger partial charge is 0.345 e. The molecule has 0 saturated carbocycles. The minimum Gasteiger partial charge on any atom is -0.300 e.